The molecule has 3 nitrogen and oxygen atoms in total. The first-order chi connectivity index (χ1) is 9.57. The minimum atomic E-state index is 0.341. The van der Waals surface area contributed by atoms with Crippen molar-refractivity contribution in [2.45, 2.75) is 38.9 Å². The van der Waals surface area contributed by atoms with Gasteiger partial charge in [0.25, 0.3) is 0 Å². The summed E-state index contributed by atoms with van der Waals surface area (Å²) in [4.78, 5) is 16.6. The molecule has 2 fully saturated rings. The Morgan fingerprint density at radius 2 is 2.10 bits per heavy atom. The predicted octanol–water partition coefficient (Wildman–Crippen LogP) is 2.39. The molecule has 0 bridgehead atoms. The molecule has 0 unspecified atom stereocenters. The fourth-order valence-corrected chi connectivity index (χ4v) is 3.74. The Hall–Kier alpha value is -1.35. The van der Waals surface area contributed by atoms with Crippen LogP contribution in [-0.4, -0.2) is 29.8 Å². The lowest BCUT2D eigenvalue weighted by Crippen LogP contribution is -2.28. The highest BCUT2D eigenvalue weighted by atomic mass is 16.2. The van der Waals surface area contributed by atoms with E-state index in [1.54, 1.807) is 0 Å². The average Bonchev–Trinajstić information content (AvgIpc) is 3.31. The first kappa shape index (κ1) is 12.4. The van der Waals surface area contributed by atoms with Gasteiger partial charge >= 0.3 is 0 Å². The van der Waals surface area contributed by atoms with E-state index in [2.05, 4.69) is 30.1 Å². The van der Waals surface area contributed by atoms with Crippen LogP contribution in [0.15, 0.2) is 18.2 Å². The van der Waals surface area contributed by atoms with Gasteiger partial charge in [-0.15, -0.1) is 0 Å². The number of hydrogen-bond donors (Lipinski definition) is 0. The second kappa shape index (κ2) is 4.08. The molecule has 1 heterocycles. The molecule has 3 aliphatic rings. The Bertz CT molecular complexity index is 576. The van der Waals surface area contributed by atoms with Gasteiger partial charge in [0.05, 0.1) is 0 Å². The van der Waals surface area contributed by atoms with E-state index in [4.69, 9.17) is 0 Å². The molecule has 1 atom stereocenters. The van der Waals surface area contributed by atoms with E-state index in [0.717, 1.165) is 26.1 Å². The van der Waals surface area contributed by atoms with E-state index in [1.165, 1.54) is 29.5 Å². The molecule has 2 aliphatic carbocycles. The summed E-state index contributed by atoms with van der Waals surface area (Å²) < 4.78 is 0. The van der Waals surface area contributed by atoms with Crippen LogP contribution in [0.25, 0.3) is 0 Å². The summed E-state index contributed by atoms with van der Waals surface area (Å²) >= 11 is 0. The van der Waals surface area contributed by atoms with Crippen molar-refractivity contribution in [1.29, 1.82) is 0 Å². The normalized spacial score (nSPS) is 25.6. The van der Waals surface area contributed by atoms with Gasteiger partial charge in [0.15, 0.2) is 0 Å². The van der Waals surface area contributed by atoms with E-state index in [9.17, 15) is 4.79 Å². The molecular weight excluding hydrogens is 248 g/mol. The summed E-state index contributed by atoms with van der Waals surface area (Å²) in [5, 5.41) is 0. The molecule has 0 N–H and O–H groups in total. The average molecular weight is 270 g/mol. The van der Waals surface area contributed by atoms with Crippen LogP contribution >= 0.6 is 0 Å². The largest absolute Gasteiger partial charge is 0.341 e. The van der Waals surface area contributed by atoms with Gasteiger partial charge in [0.1, 0.15) is 0 Å². The van der Waals surface area contributed by atoms with Gasteiger partial charge in [-0.3, -0.25) is 9.69 Å². The molecule has 2 saturated carbocycles. The number of amides is 1. The third-order valence-corrected chi connectivity index (χ3v) is 5.33. The van der Waals surface area contributed by atoms with Crippen LogP contribution in [0.3, 0.4) is 0 Å². The molecular formula is C17H22N2O. The van der Waals surface area contributed by atoms with Crippen LogP contribution in [-0.2, 0) is 24.4 Å². The van der Waals surface area contributed by atoms with Crippen molar-refractivity contribution in [2.24, 2.45) is 11.3 Å². The fourth-order valence-electron chi connectivity index (χ4n) is 3.74. The first-order valence-electron chi connectivity index (χ1n) is 7.62. The number of nitrogens with zero attached hydrogens (tertiary/aromatic N) is 2. The number of fused-ring (bicyclic) bond motifs is 1. The molecule has 20 heavy (non-hydrogen) atoms. The molecule has 106 valence electrons. The number of benzene rings is 1. The highest BCUT2D eigenvalue weighted by molar-refractivity contribution is 5.83. The lowest BCUT2D eigenvalue weighted by Gasteiger charge is -2.18. The highest BCUT2D eigenvalue weighted by Crippen LogP contribution is 2.70. The molecule has 1 spiro atoms. The Balaban J connectivity index is 1.44. The zero-order valence-electron chi connectivity index (χ0n) is 12.4. The first-order valence-corrected chi connectivity index (χ1v) is 7.62. The molecule has 1 aliphatic heterocycles. The molecule has 1 aromatic rings. The van der Waals surface area contributed by atoms with Gasteiger partial charge in [-0.2, -0.15) is 0 Å². The molecule has 1 amide bonds. The second-order valence-corrected chi connectivity index (χ2v) is 7.09. The van der Waals surface area contributed by atoms with E-state index in [1.807, 2.05) is 11.9 Å². The molecule has 3 heteroatoms. The topological polar surface area (TPSA) is 23.6 Å². The lowest BCUT2D eigenvalue weighted by atomic mass is 10.1. The minimum absolute atomic E-state index is 0.341. The summed E-state index contributed by atoms with van der Waals surface area (Å²) in [5.74, 6) is 0.702. The number of rotatable bonds is 3. The van der Waals surface area contributed by atoms with Crippen molar-refractivity contribution >= 4 is 5.91 Å². The van der Waals surface area contributed by atoms with Gasteiger partial charge in [-0.1, -0.05) is 18.2 Å². The predicted molar refractivity (Wildman–Crippen MR) is 77.9 cm³/mol. The smallest absolute Gasteiger partial charge is 0.226 e. The summed E-state index contributed by atoms with van der Waals surface area (Å²) in [7, 11) is 4.10. The monoisotopic (exact) mass is 270 g/mol. The van der Waals surface area contributed by atoms with Crippen molar-refractivity contribution in [3.63, 3.8) is 0 Å². The van der Waals surface area contributed by atoms with E-state index >= 15 is 0 Å². The maximum Gasteiger partial charge on any atom is 0.226 e. The maximum absolute atomic E-state index is 12.4. The van der Waals surface area contributed by atoms with Crippen molar-refractivity contribution < 1.29 is 4.79 Å². The standard InChI is InChI=1S/C17H22N2O/c1-18-10-13-4-3-12(7-14(13)11-18)9-19(2)16(20)15-8-17(15)5-6-17/h3-4,7,15H,5-6,8-11H2,1-2H3/t15-/m0/s1. The summed E-state index contributed by atoms with van der Waals surface area (Å²) in [6.07, 6.45) is 3.70. The molecule has 0 aromatic heterocycles. The van der Waals surface area contributed by atoms with Gasteiger partial charge < -0.3 is 4.90 Å². The van der Waals surface area contributed by atoms with Crippen LogP contribution in [0.5, 0.6) is 0 Å². The Morgan fingerprint density at radius 3 is 2.80 bits per heavy atom. The number of hydrogen-bond acceptors (Lipinski definition) is 2. The fraction of sp³-hybridized carbons (Fsp3) is 0.588. The zero-order valence-corrected chi connectivity index (χ0v) is 12.4. The van der Waals surface area contributed by atoms with Gasteiger partial charge in [0, 0.05) is 32.6 Å². The zero-order chi connectivity index (χ0) is 13.9. The molecule has 0 saturated heterocycles. The molecule has 0 radical (unpaired) electrons. The van der Waals surface area contributed by atoms with Crippen molar-refractivity contribution in [2.75, 3.05) is 14.1 Å². The van der Waals surface area contributed by atoms with Gasteiger partial charge in [0.2, 0.25) is 5.91 Å². The Kier molecular flexibility index (Phi) is 2.53. The Morgan fingerprint density at radius 1 is 1.35 bits per heavy atom. The van der Waals surface area contributed by atoms with E-state index in [-0.39, 0.29) is 0 Å². The van der Waals surface area contributed by atoms with Crippen molar-refractivity contribution in [3.8, 4) is 0 Å². The number of carbonyl (C=O) groups is 1. The van der Waals surface area contributed by atoms with Crippen molar-refractivity contribution in [3.05, 3.63) is 34.9 Å². The summed E-state index contributed by atoms with van der Waals surface area (Å²) in [6, 6.07) is 6.69. The maximum atomic E-state index is 12.4. The SMILES string of the molecule is CN1Cc2ccc(CN(C)C(=O)[C@@H]3CC34CC4)cc2C1. The van der Waals surface area contributed by atoms with Crippen LogP contribution in [0.4, 0.5) is 0 Å². The third kappa shape index (κ3) is 1.96. The van der Waals surface area contributed by atoms with Gasteiger partial charge in [-0.05, 0) is 48.4 Å². The summed E-state index contributed by atoms with van der Waals surface area (Å²) in [5.41, 5.74) is 4.59. The molecule has 4 rings (SSSR count). The Labute approximate surface area is 120 Å². The second-order valence-electron chi connectivity index (χ2n) is 7.09. The minimum Gasteiger partial charge on any atom is -0.341 e. The lowest BCUT2D eigenvalue weighted by molar-refractivity contribution is -0.132. The van der Waals surface area contributed by atoms with Gasteiger partial charge in [-0.25, -0.2) is 0 Å². The van der Waals surface area contributed by atoms with Crippen molar-refractivity contribution in [1.82, 2.24) is 9.80 Å². The summed E-state index contributed by atoms with van der Waals surface area (Å²) in [6.45, 7) is 2.84. The van der Waals surface area contributed by atoms with E-state index in [0.29, 0.717) is 17.2 Å². The third-order valence-electron chi connectivity index (χ3n) is 5.33. The highest BCUT2D eigenvalue weighted by Gasteiger charge is 2.66. The van der Waals surface area contributed by atoms with E-state index < -0.39 is 0 Å². The number of carbonyl (C=O) groups excluding carboxylic acids is 1. The van der Waals surface area contributed by atoms with Crippen LogP contribution in [0, 0.1) is 11.3 Å². The van der Waals surface area contributed by atoms with Crippen LogP contribution in [0.2, 0.25) is 0 Å². The molecule has 1 aromatic carbocycles. The van der Waals surface area contributed by atoms with Crippen LogP contribution in [0.1, 0.15) is 36.0 Å². The quantitative estimate of drug-likeness (QED) is 0.842. The van der Waals surface area contributed by atoms with Crippen LogP contribution < -0.4 is 0 Å².